The van der Waals surface area contributed by atoms with E-state index in [4.69, 9.17) is 0 Å². The highest BCUT2D eigenvalue weighted by molar-refractivity contribution is 9.11. The van der Waals surface area contributed by atoms with E-state index in [9.17, 15) is 9.90 Å². The number of aromatic amines is 1. The van der Waals surface area contributed by atoms with Gasteiger partial charge in [-0.25, -0.2) is 0 Å². The number of benzene rings is 2. The Balaban J connectivity index is 2.01. The lowest BCUT2D eigenvalue weighted by atomic mass is 10.1. The fourth-order valence-electron chi connectivity index (χ4n) is 2.16. The highest BCUT2D eigenvalue weighted by Gasteiger charge is 2.15. The molecule has 1 aromatic heterocycles. The minimum atomic E-state index is -0.477. The molecule has 0 saturated carbocycles. The summed E-state index contributed by atoms with van der Waals surface area (Å²) < 4.78 is 1.68. The molecule has 2 N–H and O–H groups in total. The Kier molecular flexibility index (Phi) is 4.32. The molecule has 0 aliphatic rings. The zero-order chi connectivity index (χ0) is 16.6. The lowest BCUT2D eigenvalue weighted by molar-refractivity contribution is 0.0995. The van der Waals surface area contributed by atoms with Crippen molar-refractivity contribution in [3.63, 3.8) is 0 Å². The van der Waals surface area contributed by atoms with Crippen LogP contribution in [0.5, 0.6) is 5.88 Å². The Morgan fingerprint density at radius 3 is 2.52 bits per heavy atom. The van der Waals surface area contributed by atoms with Crippen LogP contribution >= 0.6 is 31.9 Å². The van der Waals surface area contributed by atoms with E-state index in [1.807, 2.05) is 19.1 Å². The maximum absolute atomic E-state index is 12.1. The second-order valence-corrected chi connectivity index (χ2v) is 6.66. The number of nitrogens with one attached hydrogen (secondary N) is 1. The van der Waals surface area contributed by atoms with Crippen LogP contribution in [0.15, 0.2) is 55.6 Å². The zero-order valence-corrected chi connectivity index (χ0v) is 15.1. The number of aromatic hydroxyl groups is 1. The first-order valence-electron chi connectivity index (χ1n) is 6.68. The number of fused-ring (bicyclic) bond motifs is 1. The smallest absolute Gasteiger partial charge is 0.295 e. The van der Waals surface area contributed by atoms with Gasteiger partial charge in [0.1, 0.15) is 0 Å². The van der Waals surface area contributed by atoms with Crippen LogP contribution in [0, 0.1) is 6.92 Å². The molecule has 0 unspecified atom stereocenters. The Morgan fingerprint density at radius 1 is 1.13 bits per heavy atom. The quantitative estimate of drug-likeness (QED) is 0.510. The van der Waals surface area contributed by atoms with Crippen LogP contribution in [0.3, 0.4) is 0 Å². The van der Waals surface area contributed by atoms with Crippen molar-refractivity contribution in [3.05, 3.63) is 56.5 Å². The van der Waals surface area contributed by atoms with Crippen molar-refractivity contribution in [3.8, 4) is 5.88 Å². The summed E-state index contributed by atoms with van der Waals surface area (Å²) in [6.07, 6.45) is 0. The fraction of sp³-hybridized carbons (Fsp3) is 0.0625. The summed E-state index contributed by atoms with van der Waals surface area (Å²) in [5.41, 5.74) is 2.37. The molecule has 0 fully saturated rings. The standard InChI is InChI=1S/C16H11Br2N3O2/c1-8-2-7-11-12(13(8)18)14(16(23)19-11)20-21-15(22)9-3-5-10(17)6-4-9/h2-7,19,23H,1H3. The average Bonchev–Trinajstić information content (AvgIpc) is 2.85. The first-order chi connectivity index (χ1) is 11.0. The highest BCUT2D eigenvalue weighted by atomic mass is 79.9. The summed E-state index contributed by atoms with van der Waals surface area (Å²) in [4.78, 5) is 14.9. The second-order valence-electron chi connectivity index (χ2n) is 4.95. The molecule has 3 rings (SSSR count). The molecule has 23 heavy (non-hydrogen) atoms. The number of carbonyl (C=O) groups excluding carboxylic acids is 1. The van der Waals surface area contributed by atoms with Crippen LogP contribution in [-0.4, -0.2) is 16.0 Å². The van der Waals surface area contributed by atoms with Gasteiger partial charge in [0.25, 0.3) is 5.91 Å². The molecule has 0 bridgehead atoms. The van der Waals surface area contributed by atoms with Crippen LogP contribution in [0.1, 0.15) is 15.9 Å². The molecule has 0 aliphatic carbocycles. The number of amides is 1. The number of azo groups is 1. The van der Waals surface area contributed by atoms with Gasteiger partial charge < -0.3 is 10.1 Å². The molecule has 7 heteroatoms. The maximum atomic E-state index is 12.1. The number of hydrogen-bond donors (Lipinski definition) is 2. The van der Waals surface area contributed by atoms with Gasteiger partial charge >= 0.3 is 0 Å². The number of carbonyl (C=O) groups is 1. The minimum absolute atomic E-state index is 0.126. The highest BCUT2D eigenvalue weighted by Crippen LogP contribution is 2.41. The summed E-state index contributed by atoms with van der Waals surface area (Å²) in [6.45, 7) is 1.93. The predicted octanol–water partition coefficient (Wildman–Crippen LogP) is 5.63. The zero-order valence-electron chi connectivity index (χ0n) is 12.0. The third-order valence-corrected chi connectivity index (χ3v) is 4.93. The van der Waals surface area contributed by atoms with Gasteiger partial charge in [-0.15, -0.1) is 10.2 Å². The van der Waals surface area contributed by atoms with E-state index in [2.05, 4.69) is 47.1 Å². The van der Waals surface area contributed by atoms with Gasteiger partial charge in [-0.1, -0.05) is 22.0 Å². The van der Waals surface area contributed by atoms with E-state index in [0.717, 1.165) is 14.5 Å². The topological polar surface area (TPSA) is 77.8 Å². The molecule has 0 saturated heterocycles. The normalized spacial score (nSPS) is 11.4. The SMILES string of the molecule is Cc1ccc2[nH]c(O)c(N=NC(=O)c3ccc(Br)cc3)c2c1Br. The number of hydrogen-bond acceptors (Lipinski definition) is 3. The Hall–Kier alpha value is -1.99. The van der Waals surface area contributed by atoms with E-state index in [1.54, 1.807) is 24.3 Å². The molecule has 0 aliphatic heterocycles. The minimum Gasteiger partial charge on any atom is -0.493 e. The van der Waals surface area contributed by atoms with Crippen LogP contribution < -0.4 is 0 Å². The van der Waals surface area contributed by atoms with Gasteiger partial charge in [-0.05, 0) is 58.7 Å². The van der Waals surface area contributed by atoms with Crippen LogP contribution in [0.2, 0.25) is 0 Å². The number of aromatic nitrogens is 1. The summed E-state index contributed by atoms with van der Waals surface area (Å²) in [7, 11) is 0. The van der Waals surface area contributed by atoms with Crippen molar-refractivity contribution >= 4 is 54.4 Å². The molecular weight excluding hydrogens is 426 g/mol. The Labute approximate surface area is 148 Å². The van der Waals surface area contributed by atoms with Crippen LogP contribution in [-0.2, 0) is 0 Å². The largest absolute Gasteiger partial charge is 0.493 e. The molecule has 2 aromatic carbocycles. The third-order valence-electron chi connectivity index (χ3n) is 3.38. The lowest BCUT2D eigenvalue weighted by Crippen LogP contribution is -1.92. The van der Waals surface area contributed by atoms with Gasteiger partial charge in [0.2, 0.25) is 5.88 Å². The third kappa shape index (κ3) is 3.07. The molecule has 5 nitrogen and oxygen atoms in total. The van der Waals surface area contributed by atoms with E-state index >= 15 is 0 Å². The molecule has 0 spiro atoms. The Morgan fingerprint density at radius 2 is 1.83 bits per heavy atom. The average molecular weight is 437 g/mol. The number of rotatable bonds is 2. The van der Waals surface area contributed by atoms with Crippen molar-refractivity contribution < 1.29 is 9.90 Å². The molecule has 116 valence electrons. The van der Waals surface area contributed by atoms with Crippen molar-refractivity contribution in [2.45, 2.75) is 6.92 Å². The summed E-state index contributed by atoms with van der Waals surface area (Å²) >= 11 is 6.79. The van der Waals surface area contributed by atoms with Crippen LogP contribution in [0.25, 0.3) is 10.9 Å². The number of halogens is 2. The molecule has 0 atom stereocenters. The van der Waals surface area contributed by atoms with Crippen LogP contribution in [0.4, 0.5) is 5.69 Å². The monoisotopic (exact) mass is 435 g/mol. The Bertz CT molecular complexity index is 931. The van der Waals surface area contributed by atoms with Gasteiger partial charge in [0.05, 0.1) is 5.52 Å². The van der Waals surface area contributed by atoms with Gasteiger partial charge in [0, 0.05) is 19.9 Å². The predicted molar refractivity (Wildman–Crippen MR) is 95.4 cm³/mol. The van der Waals surface area contributed by atoms with Gasteiger partial charge in [0.15, 0.2) is 5.69 Å². The number of H-pyrrole nitrogens is 1. The van der Waals surface area contributed by atoms with Gasteiger partial charge in [-0.3, -0.25) is 4.79 Å². The van der Waals surface area contributed by atoms with E-state index in [0.29, 0.717) is 16.5 Å². The molecule has 0 radical (unpaired) electrons. The molecule has 1 heterocycles. The van der Waals surface area contributed by atoms with E-state index in [-0.39, 0.29) is 11.6 Å². The summed E-state index contributed by atoms with van der Waals surface area (Å²) in [5.74, 6) is -0.603. The van der Waals surface area contributed by atoms with E-state index in [1.165, 1.54) is 0 Å². The number of nitrogens with zero attached hydrogens (tertiary/aromatic N) is 2. The molecular formula is C16H11Br2N3O2. The first-order valence-corrected chi connectivity index (χ1v) is 8.27. The molecule has 3 aromatic rings. The molecule has 1 amide bonds. The fourth-order valence-corrected chi connectivity index (χ4v) is 2.96. The second kappa shape index (κ2) is 6.25. The summed E-state index contributed by atoms with van der Waals surface area (Å²) in [6, 6.07) is 10.6. The first kappa shape index (κ1) is 15.9. The van der Waals surface area contributed by atoms with Crippen molar-refractivity contribution in [2.75, 3.05) is 0 Å². The maximum Gasteiger partial charge on any atom is 0.295 e. The van der Waals surface area contributed by atoms with Crippen molar-refractivity contribution in [1.29, 1.82) is 0 Å². The number of aryl methyl sites for hydroxylation is 1. The van der Waals surface area contributed by atoms with Crippen molar-refractivity contribution in [1.82, 2.24) is 4.98 Å². The van der Waals surface area contributed by atoms with E-state index < -0.39 is 5.91 Å². The van der Waals surface area contributed by atoms with Crippen molar-refractivity contribution in [2.24, 2.45) is 10.2 Å². The van der Waals surface area contributed by atoms with Gasteiger partial charge in [-0.2, -0.15) is 0 Å². The summed E-state index contributed by atoms with van der Waals surface area (Å²) in [5, 5.41) is 18.4. The lowest BCUT2D eigenvalue weighted by Gasteiger charge is -2.00.